The molecule has 1 nitrogen and oxygen atoms in total. The number of hydrogen-bond acceptors (Lipinski definition) is 1. The van der Waals surface area contributed by atoms with Crippen molar-refractivity contribution in [3.8, 4) is 0 Å². The van der Waals surface area contributed by atoms with Crippen LogP contribution in [0, 0.1) is 5.82 Å². The van der Waals surface area contributed by atoms with Crippen LogP contribution in [0.1, 0.15) is 18.9 Å². The lowest BCUT2D eigenvalue weighted by atomic mass is 10.2. The lowest BCUT2D eigenvalue weighted by Crippen LogP contribution is -2.26. The third-order valence-electron chi connectivity index (χ3n) is 2.35. The number of nitrogens with zero attached hydrogens (tertiary/aromatic N) is 1. The lowest BCUT2D eigenvalue weighted by molar-refractivity contribution is 0.278. The third kappa shape index (κ3) is 4.40. The summed E-state index contributed by atoms with van der Waals surface area (Å²) in [5, 5.41) is 0. The Bertz CT molecular complexity index is 327. The highest BCUT2D eigenvalue weighted by molar-refractivity contribution is 9.10. The molecule has 0 saturated carbocycles. The first kappa shape index (κ1) is 13.9. The van der Waals surface area contributed by atoms with E-state index in [0.717, 1.165) is 29.5 Å². The summed E-state index contributed by atoms with van der Waals surface area (Å²) in [6.45, 7) is 4.48. The van der Waals surface area contributed by atoms with Gasteiger partial charge in [0.05, 0.1) is 0 Å². The van der Waals surface area contributed by atoms with Gasteiger partial charge < -0.3 is 0 Å². The molecule has 1 aromatic rings. The monoisotopic (exact) mass is 307 g/mol. The van der Waals surface area contributed by atoms with Crippen LogP contribution < -0.4 is 0 Å². The summed E-state index contributed by atoms with van der Waals surface area (Å²) >= 11 is 8.97. The quantitative estimate of drug-likeness (QED) is 0.717. The maximum Gasteiger partial charge on any atom is 0.128 e. The Hall–Kier alpha value is -0.120. The fourth-order valence-electron chi connectivity index (χ4n) is 1.60. The molecule has 1 aromatic carbocycles. The van der Waals surface area contributed by atoms with Crippen molar-refractivity contribution in [2.45, 2.75) is 19.9 Å². The minimum Gasteiger partial charge on any atom is -0.298 e. The number of halogens is 3. The van der Waals surface area contributed by atoms with Crippen LogP contribution >= 0.6 is 27.5 Å². The SMILES string of the molecule is CCCN(CCCl)Cc1ccc(Br)cc1F. The third-order valence-corrected chi connectivity index (χ3v) is 3.01. The standard InChI is InChI=1S/C12H16BrClFN/c1-2-6-16(7-5-14)9-10-3-4-11(13)8-12(10)15/h3-4,8H,2,5-7,9H2,1H3. The molecule has 0 aromatic heterocycles. The number of benzene rings is 1. The van der Waals surface area contributed by atoms with Gasteiger partial charge in [0.2, 0.25) is 0 Å². The average Bonchev–Trinajstić information content (AvgIpc) is 2.23. The summed E-state index contributed by atoms with van der Waals surface area (Å²) in [7, 11) is 0. The maximum absolute atomic E-state index is 13.6. The molecule has 4 heteroatoms. The normalized spacial score (nSPS) is 11.1. The van der Waals surface area contributed by atoms with Crippen LogP contribution in [-0.4, -0.2) is 23.9 Å². The summed E-state index contributed by atoms with van der Waals surface area (Å²) in [4.78, 5) is 2.17. The molecule has 0 saturated heterocycles. The summed E-state index contributed by atoms with van der Waals surface area (Å²) in [6, 6.07) is 5.18. The molecule has 0 N–H and O–H groups in total. The molecule has 0 amide bonds. The van der Waals surface area contributed by atoms with Gasteiger partial charge >= 0.3 is 0 Å². The smallest absolute Gasteiger partial charge is 0.128 e. The van der Waals surface area contributed by atoms with Crippen LogP contribution in [0.15, 0.2) is 22.7 Å². The number of hydrogen-bond donors (Lipinski definition) is 0. The molecule has 0 fully saturated rings. The molecule has 0 aliphatic rings. The molecule has 0 spiro atoms. The molecule has 0 aliphatic carbocycles. The highest BCUT2D eigenvalue weighted by Gasteiger charge is 2.08. The van der Waals surface area contributed by atoms with Crippen LogP contribution in [0.25, 0.3) is 0 Å². The van der Waals surface area contributed by atoms with Gasteiger partial charge in [-0.1, -0.05) is 28.9 Å². The van der Waals surface area contributed by atoms with Gasteiger partial charge in [-0.25, -0.2) is 4.39 Å². The highest BCUT2D eigenvalue weighted by Crippen LogP contribution is 2.16. The molecule has 1 rings (SSSR count). The molecule has 0 atom stereocenters. The van der Waals surface area contributed by atoms with E-state index in [2.05, 4.69) is 27.8 Å². The van der Waals surface area contributed by atoms with Gasteiger partial charge in [0.15, 0.2) is 0 Å². The predicted octanol–water partition coefficient (Wildman–Crippen LogP) is 4.04. The highest BCUT2D eigenvalue weighted by atomic mass is 79.9. The summed E-state index contributed by atoms with van der Waals surface area (Å²) in [5.41, 5.74) is 0.724. The fourth-order valence-corrected chi connectivity index (χ4v) is 2.17. The zero-order valence-electron chi connectivity index (χ0n) is 9.35. The van der Waals surface area contributed by atoms with Crippen molar-refractivity contribution in [3.05, 3.63) is 34.1 Å². The lowest BCUT2D eigenvalue weighted by Gasteiger charge is -2.20. The predicted molar refractivity (Wildman–Crippen MR) is 70.4 cm³/mol. The van der Waals surface area contributed by atoms with Crippen molar-refractivity contribution >= 4 is 27.5 Å². The molecule has 0 unspecified atom stereocenters. The molecule has 0 heterocycles. The van der Waals surface area contributed by atoms with Crippen LogP contribution in [0.2, 0.25) is 0 Å². The van der Waals surface area contributed by atoms with E-state index >= 15 is 0 Å². The largest absolute Gasteiger partial charge is 0.298 e. The van der Waals surface area contributed by atoms with Crippen molar-refractivity contribution in [3.63, 3.8) is 0 Å². The van der Waals surface area contributed by atoms with Crippen LogP contribution in [0.5, 0.6) is 0 Å². The Kier molecular flexibility index (Phi) is 6.32. The van der Waals surface area contributed by atoms with Crippen molar-refractivity contribution in [1.29, 1.82) is 0 Å². The van der Waals surface area contributed by atoms with Crippen LogP contribution in [0.3, 0.4) is 0 Å². The van der Waals surface area contributed by atoms with E-state index in [9.17, 15) is 4.39 Å². The number of rotatable bonds is 6. The van der Waals surface area contributed by atoms with Gasteiger partial charge in [-0.3, -0.25) is 4.90 Å². The van der Waals surface area contributed by atoms with E-state index in [-0.39, 0.29) is 5.82 Å². The minimum absolute atomic E-state index is 0.162. The van der Waals surface area contributed by atoms with Gasteiger partial charge in [0.25, 0.3) is 0 Å². The molecule has 0 aliphatic heterocycles. The van der Waals surface area contributed by atoms with E-state index < -0.39 is 0 Å². The van der Waals surface area contributed by atoms with E-state index in [1.807, 2.05) is 12.1 Å². The molecular weight excluding hydrogens is 292 g/mol. The van der Waals surface area contributed by atoms with Crippen LogP contribution in [-0.2, 0) is 6.54 Å². The van der Waals surface area contributed by atoms with Crippen LogP contribution in [0.4, 0.5) is 4.39 Å². The summed E-state index contributed by atoms with van der Waals surface area (Å²) < 4.78 is 14.4. The molecule has 0 radical (unpaired) electrons. The minimum atomic E-state index is -0.162. The summed E-state index contributed by atoms with van der Waals surface area (Å²) in [5.74, 6) is 0.420. The van der Waals surface area contributed by atoms with Gasteiger partial charge in [0, 0.05) is 29.0 Å². The Labute approximate surface area is 110 Å². The van der Waals surface area contributed by atoms with E-state index in [0.29, 0.717) is 12.4 Å². The van der Waals surface area contributed by atoms with Gasteiger partial charge in [-0.15, -0.1) is 11.6 Å². The van der Waals surface area contributed by atoms with Crippen molar-refractivity contribution in [1.82, 2.24) is 4.90 Å². The second-order valence-corrected chi connectivity index (χ2v) is 4.99. The van der Waals surface area contributed by atoms with Crippen molar-refractivity contribution < 1.29 is 4.39 Å². The van der Waals surface area contributed by atoms with Crippen molar-refractivity contribution in [2.75, 3.05) is 19.0 Å². The first-order valence-corrected chi connectivity index (χ1v) is 6.72. The first-order valence-electron chi connectivity index (χ1n) is 5.39. The summed E-state index contributed by atoms with van der Waals surface area (Å²) in [6.07, 6.45) is 1.05. The second kappa shape index (κ2) is 7.25. The van der Waals surface area contributed by atoms with Crippen molar-refractivity contribution in [2.24, 2.45) is 0 Å². The fraction of sp³-hybridized carbons (Fsp3) is 0.500. The topological polar surface area (TPSA) is 3.24 Å². The Balaban J connectivity index is 2.68. The average molecular weight is 309 g/mol. The zero-order valence-corrected chi connectivity index (χ0v) is 11.7. The van der Waals surface area contributed by atoms with E-state index in [4.69, 9.17) is 11.6 Å². The Morgan fingerprint density at radius 2 is 2.12 bits per heavy atom. The Morgan fingerprint density at radius 3 is 2.69 bits per heavy atom. The Morgan fingerprint density at radius 1 is 1.38 bits per heavy atom. The molecule has 90 valence electrons. The zero-order chi connectivity index (χ0) is 12.0. The molecule has 16 heavy (non-hydrogen) atoms. The van der Waals surface area contributed by atoms with Gasteiger partial charge in [0.1, 0.15) is 5.82 Å². The second-order valence-electron chi connectivity index (χ2n) is 3.70. The van der Waals surface area contributed by atoms with Gasteiger partial charge in [-0.2, -0.15) is 0 Å². The van der Waals surface area contributed by atoms with E-state index in [1.54, 1.807) is 0 Å². The maximum atomic E-state index is 13.6. The molecule has 0 bridgehead atoms. The number of alkyl halides is 1. The van der Waals surface area contributed by atoms with E-state index in [1.165, 1.54) is 6.07 Å². The van der Waals surface area contributed by atoms with Gasteiger partial charge in [-0.05, 0) is 25.1 Å². The first-order chi connectivity index (χ1) is 7.67. The molecular formula is C12H16BrClFN.